The van der Waals surface area contributed by atoms with E-state index in [0.717, 1.165) is 63.0 Å². The van der Waals surface area contributed by atoms with Crippen molar-refractivity contribution < 1.29 is 4.79 Å². The monoisotopic (exact) mass is 369 g/mol. The largest absolute Gasteiger partial charge is 0.339 e. The zero-order valence-corrected chi connectivity index (χ0v) is 16.1. The molecule has 2 aliphatic heterocycles. The van der Waals surface area contributed by atoms with Gasteiger partial charge in [-0.2, -0.15) is 0 Å². The van der Waals surface area contributed by atoms with Crippen molar-refractivity contribution in [3.63, 3.8) is 0 Å². The highest BCUT2D eigenvalue weighted by molar-refractivity contribution is 7.16. The maximum atomic E-state index is 13.0. The number of rotatable bonds is 5. The maximum absolute atomic E-state index is 13.0. The van der Waals surface area contributed by atoms with Crippen LogP contribution in [0.25, 0.3) is 0 Å². The molecule has 4 nitrogen and oxygen atoms in total. The van der Waals surface area contributed by atoms with E-state index in [9.17, 15) is 4.79 Å². The third-order valence-corrected chi connectivity index (χ3v) is 6.32. The van der Waals surface area contributed by atoms with Crippen LogP contribution < -0.4 is 0 Å². The number of thiophene rings is 1. The fraction of sp³-hybridized carbons (Fsp3) is 0.722. The summed E-state index contributed by atoms with van der Waals surface area (Å²) in [4.78, 5) is 21.2. The Hall–Kier alpha value is -0.620. The van der Waals surface area contributed by atoms with E-state index in [0.29, 0.717) is 5.91 Å². The third kappa shape index (κ3) is 4.51. The Morgan fingerprint density at radius 1 is 1.21 bits per heavy atom. The van der Waals surface area contributed by atoms with Crippen molar-refractivity contribution in [1.29, 1.82) is 0 Å². The van der Waals surface area contributed by atoms with Gasteiger partial charge in [-0.3, -0.25) is 14.6 Å². The quantitative estimate of drug-likeness (QED) is 0.796. The second-order valence-corrected chi connectivity index (χ2v) is 8.65. The van der Waals surface area contributed by atoms with Crippen LogP contribution in [0.3, 0.4) is 0 Å². The summed E-state index contributed by atoms with van der Waals surface area (Å²) in [5.41, 5.74) is 0. The van der Waals surface area contributed by atoms with Crippen molar-refractivity contribution >= 4 is 28.8 Å². The Labute approximate surface area is 154 Å². The lowest BCUT2D eigenvalue weighted by Crippen LogP contribution is -2.55. The molecule has 0 aromatic carbocycles. The molecule has 0 saturated carbocycles. The molecule has 0 bridgehead atoms. The summed E-state index contributed by atoms with van der Waals surface area (Å²) in [5, 5.41) is 0. The summed E-state index contributed by atoms with van der Waals surface area (Å²) < 4.78 is 0.854. The van der Waals surface area contributed by atoms with Gasteiger partial charge < -0.3 is 4.90 Å². The molecule has 2 aliphatic rings. The van der Waals surface area contributed by atoms with Crippen LogP contribution in [0.5, 0.6) is 0 Å². The molecular formula is C18H28ClN3OS. The Morgan fingerprint density at radius 2 is 2.00 bits per heavy atom. The molecule has 3 heterocycles. The molecule has 2 fully saturated rings. The Balaban J connectivity index is 1.50. The molecule has 1 aromatic rings. The smallest absolute Gasteiger partial charge is 0.240 e. The standard InChI is InChI=1S/C18H28ClN3OS/c1-2-8-21-9-4-3-5-16(21)18(23)22-12-10-20(11-13-22)14-15-6-7-17(19)24-15/h6-7,16H,2-5,8-14H2,1H3. The minimum atomic E-state index is 0.126. The molecular weight excluding hydrogens is 342 g/mol. The Kier molecular flexibility index (Phi) is 6.56. The van der Waals surface area contributed by atoms with E-state index in [2.05, 4.69) is 27.7 Å². The summed E-state index contributed by atoms with van der Waals surface area (Å²) in [7, 11) is 0. The second-order valence-electron chi connectivity index (χ2n) is 6.85. The fourth-order valence-corrected chi connectivity index (χ4v) is 4.95. The number of piperidine rings is 1. The summed E-state index contributed by atoms with van der Waals surface area (Å²) in [5.74, 6) is 0.363. The van der Waals surface area contributed by atoms with Gasteiger partial charge in [0.1, 0.15) is 0 Å². The fourth-order valence-electron chi connectivity index (χ4n) is 3.82. The lowest BCUT2D eigenvalue weighted by Gasteiger charge is -2.40. The first-order valence-corrected chi connectivity index (χ1v) is 10.4. The normalized spacial score (nSPS) is 23.6. The van der Waals surface area contributed by atoms with Gasteiger partial charge in [-0.25, -0.2) is 0 Å². The molecule has 0 radical (unpaired) electrons. The zero-order chi connectivity index (χ0) is 16.9. The average molecular weight is 370 g/mol. The first kappa shape index (κ1) is 18.2. The minimum Gasteiger partial charge on any atom is -0.339 e. The molecule has 6 heteroatoms. The van der Waals surface area contributed by atoms with Gasteiger partial charge >= 0.3 is 0 Å². The van der Waals surface area contributed by atoms with Crippen LogP contribution in [0.15, 0.2) is 12.1 Å². The number of likely N-dealkylation sites (tertiary alicyclic amines) is 1. The molecule has 1 aromatic heterocycles. The number of carbonyl (C=O) groups is 1. The summed E-state index contributed by atoms with van der Waals surface area (Å²) in [6.07, 6.45) is 4.59. The van der Waals surface area contributed by atoms with E-state index in [-0.39, 0.29) is 6.04 Å². The minimum absolute atomic E-state index is 0.126. The molecule has 0 spiro atoms. The molecule has 1 atom stereocenters. The number of halogens is 1. The lowest BCUT2D eigenvalue weighted by molar-refractivity contribution is -0.140. The summed E-state index contributed by atoms with van der Waals surface area (Å²) in [6.45, 7) is 8.92. The average Bonchev–Trinajstić information content (AvgIpc) is 3.01. The van der Waals surface area contributed by atoms with Gasteiger partial charge in [0.05, 0.1) is 10.4 Å². The molecule has 24 heavy (non-hydrogen) atoms. The predicted molar refractivity (Wildman–Crippen MR) is 101 cm³/mol. The first-order valence-electron chi connectivity index (χ1n) is 9.17. The maximum Gasteiger partial charge on any atom is 0.240 e. The first-order chi connectivity index (χ1) is 11.7. The highest BCUT2D eigenvalue weighted by Crippen LogP contribution is 2.24. The van der Waals surface area contributed by atoms with Crippen LogP contribution in [0, 0.1) is 0 Å². The molecule has 3 rings (SSSR count). The number of amides is 1. The van der Waals surface area contributed by atoms with Crippen LogP contribution in [-0.4, -0.2) is 65.9 Å². The number of carbonyl (C=O) groups excluding carboxylic acids is 1. The number of piperazine rings is 1. The van der Waals surface area contributed by atoms with Gasteiger partial charge in [-0.15, -0.1) is 11.3 Å². The highest BCUT2D eigenvalue weighted by atomic mass is 35.5. The van der Waals surface area contributed by atoms with Crippen LogP contribution in [0.2, 0.25) is 4.34 Å². The van der Waals surface area contributed by atoms with Crippen molar-refractivity contribution in [3.05, 3.63) is 21.3 Å². The van der Waals surface area contributed by atoms with Gasteiger partial charge in [0.25, 0.3) is 0 Å². The van der Waals surface area contributed by atoms with E-state index >= 15 is 0 Å². The lowest BCUT2D eigenvalue weighted by atomic mass is 10.00. The van der Waals surface area contributed by atoms with Gasteiger partial charge in [0.15, 0.2) is 0 Å². The Bertz CT molecular complexity index is 540. The van der Waals surface area contributed by atoms with E-state index in [1.807, 2.05) is 6.07 Å². The van der Waals surface area contributed by atoms with Gasteiger partial charge in [0.2, 0.25) is 5.91 Å². The van der Waals surface area contributed by atoms with Crippen molar-refractivity contribution in [2.24, 2.45) is 0 Å². The second kappa shape index (κ2) is 8.65. The van der Waals surface area contributed by atoms with Crippen molar-refractivity contribution in [2.45, 2.75) is 45.2 Å². The number of hydrogen-bond donors (Lipinski definition) is 0. The summed E-state index contributed by atoms with van der Waals surface area (Å²) >= 11 is 7.66. The highest BCUT2D eigenvalue weighted by Gasteiger charge is 2.32. The van der Waals surface area contributed by atoms with Crippen molar-refractivity contribution in [2.75, 3.05) is 39.3 Å². The van der Waals surface area contributed by atoms with Crippen molar-refractivity contribution in [1.82, 2.24) is 14.7 Å². The van der Waals surface area contributed by atoms with Crippen LogP contribution in [-0.2, 0) is 11.3 Å². The SMILES string of the molecule is CCCN1CCCCC1C(=O)N1CCN(Cc2ccc(Cl)s2)CC1. The van der Waals surface area contributed by atoms with E-state index in [4.69, 9.17) is 11.6 Å². The number of nitrogens with zero attached hydrogens (tertiary/aromatic N) is 3. The van der Waals surface area contributed by atoms with Crippen molar-refractivity contribution in [3.8, 4) is 0 Å². The van der Waals surface area contributed by atoms with Crippen LogP contribution in [0.4, 0.5) is 0 Å². The number of hydrogen-bond acceptors (Lipinski definition) is 4. The van der Waals surface area contributed by atoms with Crippen LogP contribution in [0.1, 0.15) is 37.5 Å². The predicted octanol–water partition coefficient (Wildman–Crippen LogP) is 3.31. The van der Waals surface area contributed by atoms with E-state index in [1.165, 1.54) is 17.7 Å². The van der Waals surface area contributed by atoms with Gasteiger partial charge in [0, 0.05) is 37.6 Å². The topological polar surface area (TPSA) is 26.8 Å². The third-order valence-electron chi connectivity index (χ3n) is 5.10. The van der Waals surface area contributed by atoms with Crippen LogP contribution >= 0.6 is 22.9 Å². The van der Waals surface area contributed by atoms with E-state index in [1.54, 1.807) is 11.3 Å². The van der Waals surface area contributed by atoms with Gasteiger partial charge in [-0.05, 0) is 44.5 Å². The molecule has 0 aliphatic carbocycles. The molecule has 0 N–H and O–H groups in total. The molecule has 134 valence electrons. The van der Waals surface area contributed by atoms with E-state index < -0.39 is 0 Å². The van der Waals surface area contributed by atoms with Gasteiger partial charge in [-0.1, -0.05) is 24.9 Å². The molecule has 1 amide bonds. The Morgan fingerprint density at radius 3 is 2.67 bits per heavy atom. The molecule has 1 unspecified atom stereocenters. The summed E-state index contributed by atoms with van der Waals surface area (Å²) in [6, 6.07) is 4.20. The zero-order valence-electron chi connectivity index (χ0n) is 14.5. The molecule has 2 saturated heterocycles.